The van der Waals surface area contributed by atoms with E-state index >= 15 is 0 Å². The van der Waals surface area contributed by atoms with Crippen LogP contribution in [0.2, 0.25) is 5.02 Å². The van der Waals surface area contributed by atoms with Crippen molar-refractivity contribution in [1.82, 2.24) is 14.6 Å². The minimum Gasteiger partial charge on any atom is -0.465 e. The highest BCUT2D eigenvalue weighted by Crippen LogP contribution is 2.23. The molecule has 0 aliphatic carbocycles. The van der Waals surface area contributed by atoms with Gasteiger partial charge in [0.15, 0.2) is 5.65 Å². The smallest absolute Gasteiger partial charge is 0.339 e. The molecule has 6 heteroatoms. The number of halogens is 1. The maximum absolute atomic E-state index is 11.5. The Hall–Kier alpha value is -1.62. The average molecular weight is 268 g/mol. The van der Waals surface area contributed by atoms with Gasteiger partial charge in [-0.3, -0.25) is 4.40 Å². The zero-order valence-corrected chi connectivity index (χ0v) is 11.2. The molecule has 0 aromatic carbocycles. The molecular formula is C12H14ClN3O2. The number of ether oxygens (including phenoxy) is 1. The van der Waals surface area contributed by atoms with Crippen LogP contribution in [0.4, 0.5) is 0 Å². The first-order chi connectivity index (χ1) is 8.58. The largest absolute Gasteiger partial charge is 0.465 e. The van der Waals surface area contributed by atoms with Crippen molar-refractivity contribution < 1.29 is 9.53 Å². The van der Waals surface area contributed by atoms with Gasteiger partial charge in [-0.2, -0.15) is 0 Å². The van der Waals surface area contributed by atoms with E-state index in [0.717, 1.165) is 12.2 Å². The van der Waals surface area contributed by atoms with E-state index in [0.29, 0.717) is 16.2 Å². The molecule has 0 bridgehead atoms. The molecule has 0 saturated heterocycles. The lowest BCUT2D eigenvalue weighted by Crippen LogP contribution is -2.06. The van der Waals surface area contributed by atoms with Crippen molar-refractivity contribution in [1.29, 1.82) is 0 Å². The lowest BCUT2D eigenvalue weighted by molar-refractivity contribution is 0.0600. The molecule has 2 aromatic rings. The summed E-state index contributed by atoms with van der Waals surface area (Å²) in [4.78, 5) is 11.5. The monoisotopic (exact) mass is 267 g/mol. The van der Waals surface area contributed by atoms with E-state index in [-0.39, 0.29) is 5.92 Å². The molecule has 0 amide bonds. The molecular weight excluding hydrogens is 254 g/mol. The Morgan fingerprint density at radius 1 is 1.56 bits per heavy atom. The molecule has 0 aliphatic rings. The third-order valence-corrected chi connectivity index (χ3v) is 3.24. The zero-order valence-electron chi connectivity index (χ0n) is 10.5. The standard InChI is InChI=1S/C12H14ClN3O2/c1-4-7(2)10-14-15-11-9(13)5-8(6-16(10)11)12(17)18-3/h5-7H,4H2,1-3H3. The minimum absolute atomic E-state index is 0.240. The molecule has 0 fully saturated rings. The van der Waals surface area contributed by atoms with Gasteiger partial charge in [0.2, 0.25) is 0 Å². The fraction of sp³-hybridized carbons (Fsp3) is 0.417. The van der Waals surface area contributed by atoms with Gasteiger partial charge in [-0.1, -0.05) is 25.4 Å². The first-order valence-corrected chi connectivity index (χ1v) is 6.08. The Balaban J connectivity index is 2.64. The third-order valence-electron chi connectivity index (χ3n) is 2.96. The number of carbonyl (C=O) groups is 1. The average Bonchev–Trinajstić information content (AvgIpc) is 2.81. The van der Waals surface area contributed by atoms with Gasteiger partial charge >= 0.3 is 5.97 Å². The Morgan fingerprint density at radius 3 is 2.89 bits per heavy atom. The van der Waals surface area contributed by atoms with Crippen LogP contribution in [0.1, 0.15) is 42.4 Å². The first kappa shape index (κ1) is 12.8. The van der Waals surface area contributed by atoms with E-state index < -0.39 is 5.97 Å². The molecule has 0 N–H and O–H groups in total. The third kappa shape index (κ3) is 2.06. The zero-order chi connectivity index (χ0) is 13.3. The van der Waals surface area contributed by atoms with E-state index in [4.69, 9.17) is 16.3 Å². The van der Waals surface area contributed by atoms with Gasteiger partial charge in [-0.25, -0.2) is 4.79 Å². The summed E-state index contributed by atoms with van der Waals surface area (Å²) in [6.07, 6.45) is 2.59. The molecule has 2 aromatic heterocycles. The first-order valence-electron chi connectivity index (χ1n) is 5.71. The molecule has 0 radical (unpaired) electrons. The summed E-state index contributed by atoms with van der Waals surface area (Å²) in [5, 5.41) is 8.56. The summed E-state index contributed by atoms with van der Waals surface area (Å²) < 4.78 is 6.44. The predicted octanol–water partition coefficient (Wildman–Crippen LogP) is 2.68. The molecule has 2 rings (SSSR count). The molecule has 1 atom stereocenters. The topological polar surface area (TPSA) is 56.5 Å². The van der Waals surface area contributed by atoms with Gasteiger partial charge in [0.25, 0.3) is 0 Å². The number of hydrogen-bond donors (Lipinski definition) is 0. The van der Waals surface area contributed by atoms with Crippen LogP contribution in [0.5, 0.6) is 0 Å². The summed E-state index contributed by atoms with van der Waals surface area (Å²) in [6, 6.07) is 1.54. The predicted molar refractivity (Wildman–Crippen MR) is 68.0 cm³/mol. The second-order valence-corrected chi connectivity index (χ2v) is 4.54. The fourth-order valence-corrected chi connectivity index (χ4v) is 1.97. The highest BCUT2D eigenvalue weighted by atomic mass is 35.5. The fourth-order valence-electron chi connectivity index (χ4n) is 1.72. The number of carbonyl (C=O) groups excluding carboxylic acids is 1. The Labute approximate surface area is 110 Å². The van der Waals surface area contributed by atoms with Crippen LogP contribution in [0.3, 0.4) is 0 Å². The van der Waals surface area contributed by atoms with Gasteiger partial charge in [0.1, 0.15) is 5.82 Å². The number of esters is 1. The second kappa shape index (κ2) is 4.94. The number of hydrogen-bond acceptors (Lipinski definition) is 4. The van der Waals surface area contributed by atoms with Crippen molar-refractivity contribution in [3.05, 3.63) is 28.7 Å². The molecule has 2 heterocycles. The van der Waals surface area contributed by atoms with Crippen molar-refractivity contribution in [3.63, 3.8) is 0 Å². The lowest BCUT2D eigenvalue weighted by Gasteiger charge is -2.07. The van der Waals surface area contributed by atoms with Crippen molar-refractivity contribution in [2.45, 2.75) is 26.2 Å². The number of methoxy groups -OCH3 is 1. The number of aromatic nitrogens is 3. The summed E-state index contributed by atoms with van der Waals surface area (Å²) in [5.74, 6) is 0.603. The summed E-state index contributed by atoms with van der Waals surface area (Å²) in [6.45, 7) is 4.12. The highest BCUT2D eigenvalue weighted by Gasteiger charge is 2.17. The van der Waals surface area contributed by atoms with Crippen LogP contribution in [-0.2, 0) is 4.74 Å². The van der Waals surface area contributed by atoms with Crippen molar-refractivity contribution in [2.75, 3.05) is 7.11 Å². The SMILES string of the molecule is CCC(C)c1nnc2c(Cl)cc(C(=O)OC)cn12. The van der Waals surface area contributed by atoms with Crippen molar-refractivity contribution in [2.24, 2.45) is 0 Å². The Kier molecular flexibility index (Phi) is 3.52. The molecule has 96 valence electrons. The Morgan fingerprint density at radius 2 is 2.28 bits per heavy atom. The minimum atomic E-state index is -0.428. The van der Waals surface area contributed by atoms with Gasteiger partial charge in [0.05, 0.1) is 17.7 Å². The van der Waals surface area contributed by atoms with Crippen LogP contribution in [0.25, 0.3) is 5.65 Å². The van der Waals surface area contributed by atoms with Gasteiger partial charge in [-0.05, 0) is 12.5 Å². The van der Waals surface area contributed by atoms with Gasteiger partial charge in [-0.15, -0.1) is 10.2 Å². The maximum atomic E-state index is 11.5. The van der Waals surface area contributed by atoms with E-state index in [9.17, 15) is 4.79 Å². The molecule has 0 spiro atoms. The molecule has 1 unspecified atom stereocenters. The van der Waals surface area contributed by atoms with Crippen molar-refractivity contribution >= 4 is 23.2 Å². The second-order valence-electron chi connectivity index (χ2n) is 4.13. The van der Waals surface area contributed by atoms with E-state index in [1.807, 2.05) is 0 Å². The quantitative estimate of drug-likeness (QED) is 0.803. The number of nitrogens with zero attached hydrogens (tertiary/aromatic N) is 3. The number of fused-ring (bicyclic) bond motifs is 1. The summed E-state index contributed by atoms with van der Waals surface area (Å²) >= 11 is 6.09. The Bertz CT molecular complexity index is 594. The summed E-state index contributed by atoms with van der Waals surface area (Å²) in [7, 11) is 1.34. The molecule has 5 nitrogen and oxygen atoms in total. The van der Waals surface area contributed by atoms with Gasteiger partial charge < -0.3 is 4.74 Å². The van der Waals surface area contributed by atoms with Crippen LogP contribution >= 0.6 is 11.6 Å². The van der Waals surface area contributed by atoms with Crippen LogP contribution in [0.15, 0.2) is 12.3 Å². The van der Waals surface area contributed by atoms with Crippen LogP contribution in [0, 0.1) is 0 Å². The number of rotatable bonds is 3. The van der Waals surface area contributed by atoms with Gasteiger partial charge in [0, 0.05) is 12.1 Å². The molecule has 0 aliphatic heterocycles. The maximum Gasteiger partial charge on any atom is 0.339 e. The normalized spacial score (nSPS) is 12.7. The molecule has 18 heavy (non-hydrogen) atoms. The number of pyridine rings is 1. The van der Waals surface area contributed by atoms with Crippen LogP contribution < -0.4 is 0 Å². The van der Waals surface area contributed by atoms with Crippen molar-refractivity contribution in [3.8, 4) is 0 Å². The molecule has 0 saturated carbocycles. The van der Waals surface area contributed by atoms with E-state index in [1.165, 1.54) is 13.2 Å². The lowest BCUT2D eigenvalue weighted by atomic mass is 10.1. The van der Waals surface area contributed by atoms with Crippen LogP contribution in [-0.4, -0.2) is 27.7 Å². The van der Waals surface area contributed by atoms with E-state index in [2.05, 4.69) is 24.0 Å². The highest BCUT2D eigenvalue weighted by molar-refractivity contribution is 6.33. The van der Waals surface area contributed by atoms with E-state index in [1.54, 1.807) is 10.6 Å². The summed E-state index contributed by atoms with van der Waals surface area (Å²) in [5.41, 5.74) is 0.943.